The predicted molar refractivity (Wildman–Crippen MR) is 118 cm³/mol. The van der Waals surface area contributed by atoms with E-state index >= 15 is 0 Å². The van der Waals surface area contributed by atoms with Crippen LogP contribution in [0.4, 0.5) is 17.2 Å². The maximum absolute atomic E-state index is 13.4. The van der Waals surface area contributed by atoms with Gasteiger partial charge in [0.15, 0.2) is 5.69 Å². The first-order chi connectivity index (χ1) is 15.2. The van der Waals surface area contributed by atoms with Crippen molar-refractivity contribution in [2.75, 3.05) is 10.6 Å². The van der Waals surface area contributed by atoms with Crippen LogP contribution in [-0.4, -0.2) is 20.4 Å². The number of hydrogen-bond acceptors (Lipinski definition) is 7. The Morgan fingerprint density at radius 1 is 1.34 bits per heavy atom. The molecule has 0 saturated heterocycles. The van der Waals surface area contributed by atoms with Gasteiger partial charge in [0, 0.05) is 18.2 Å². The summed E-state index contributed by atoms with van der Waals surface area (Å²) in [5, 5.41) is 11.1. The Morgan fingerprint density at radius 3 is 2.72 bits per heavy atom. The Hall–Kier alpha value is -3.86. The van der Waals surface area contributed by atoms with Crippen molar-refractivity contribution in [1.82, 2.24) is 9.55 Å². The first-order valence-electron chi connectivity index (χ1n) is 9.65. The smallest absolute Gasteiger partial charge is 0.330 e. The third kappa shape index (κ3) is 4.57. The van der Waals surface area contributed by atoms with Crippen molar-refractivity contribution in [1.29, 1.82) is 0 Å². The number of aromatic nitrogens is 2. The van der Waals surface area contributed by atoms with E-state index < -0.39 is 27.8 Å². The second kappa shape index (κ2) is 9.52. The average Bonchev–Trinajstić information content (AvgIpc) is 3.25. The number of anilines is 2. The molecule has 0 aliphatic heterocycles. The number of benzene rings is 1. The second-order valence-electron chi connectivity index (χ2n) is 6.89. The van der Waals surface area contributed by atoms with Crippen LogP contribution >= 0.6 is 11.6 Å². The van der Waals surface area contributed by atoms with Gasteiger partial charge in [-0.25, -0.2) is 4.79 Å². The van der Waals surface area contributed by atoms with Crippen LogP contribution in [0.25, 0.3) is 0 Å². The van der Waals surface area contributed by atoms with Gasteiger partial charge in [-0.05, 0) is 30.7 Å². The summed E-state index contributed by atoms with van der Waals surface area (Å²) < 4.78 is 6.48. The van der Waals surface area contributed by atoms with E-state index in [2.05, 4.69) is 4.98 Å². The minimum Gasteiger partial charge on any atom is -0.467 e. The molecule has 1 amide bonds. The molecule has 0 spiro atoms. The topological polar surface area (TPSA) is 157 Å². The van der Waals surface area contributed by atoms with Gasteiger partial charge in [0.2, 0.25) is 0 Å². The molecule has 3 N–H and O–H groups in total. The number of nitro benzene ring substituents is 1. The first kappa shape index (κ1) is 22.8. The molecular formula is C20H20ClN5O6. The predicted octanol–water partition coefficient (Wildman–Crippen LogP) is 2.92. The van der Waals surface area contributed by atoms with Gasteiger partial charge in [0.05, 0.1) is 17.7 Å². The number of carbonyl (C=O) groups excluding carboxylic acids is 1. The molecule has 11 nitrogen and oxygen atoms in total. The maximum Gasteiger partial charge on any atom is 0.330 e. The van der Waals surface area contributed by atoms with E-state index in [1.54, 1.807) is 12.1 Å². The molecular weight excluding hydrogens is 442 g/mol. The van der Waals surface area contributed by atoms with Crippen molar-refractivity contribution < 1.29 is 14.1 Å². The van der Waals surface area contributed by atoms with Crippen LogP contribution < -0.4 is 21.9 Å². The van der Waals surface area contributed by atoms with Crippen LogP contribution in [0.2, 0.25) is 5.02 Å². The fourth-order valence-corrected chi connectivity index (χ4v) is 3.32. The van der Waals surface area contributed by atoms with Crippen molar-refractivity contribution >= 4 is 34.7 Å². The van der Waals surface area contributed by atoms with Gasteiger partial charge in [-0.3, -0.25) is 34.2 Å². The lowest BCUT2D eigenvalue weighted by Gasteiger charge is -2.24. The highest BCUT2D eigenvalue weighted by molar-refractivity contribution is 6.32. The van der Waals surface area contributed by atoms with Gasteiger partial charge in [-0.2, -0.15) is 0 Å². The van der Waals surface area contributed by atoms with Gasteiger partial charge in [-0.15, -0.1) is 0 Å². The maximum atomic E-state index is 13.4. The van der Waals surface area contributed by atoms with E-state index in [9.17, 15) is 24.5 Å². The van der Waals surface area contributed by atoms with E-state index in [1.807, 2.05) is 6.92 Å². The molecule has 2 aromatic heterocycles. The fraction of sp³-hybridized carbons (Fsp3) is 0.250. The zero-order chi connectivity index (χ0) is 23.4. The Balaban J connectivity index is 2.17. The van der Waals surface area contributed by atoms with Crippen molar-refractivity contribution in [2.45, 2.75) is 32.9 Å². The molecule has 0 aliphatic carbocycles. The molecule has 0 aliphatic rings. The average molecular weight is 462 g/mol. The van der Waals surface area contributed by atoms with Crippen molar-refractivity contribution in [3.63, 3.8) is 0 Å². The number of nitrogens with zero attached hydrogens (tertiary/aromatic N) is 3. The minimum absolute atomic E-state index is 0.0993. The lowest BCUT2D eigenvalue weighted by molar-refractivity contribution is -0.384. The molecule has 2 heterocycles. The van der Waals surface area contributed by atoms with Crippen LogP contribution in [-0.2, 0) is 13.1 Å². The van der Waals surface area contributed by atoms with E-state index in [-0.39, 0.29) is 35.2 Å². The van der Waals surface area contributed by atoms with Gasteiger partial charge in [0.1, 0.15) is 16.6 Å². The number of nitrogens with two attached hydrogens (primary N) is 1. The van der Waals surface area contributed by atoms with Crippen LogP contribution in [0.1, 0.15) is 35.9 Å². The van der Waals surface area contributed by atoms with E-state index in [4.69, 9.17) is 21.8 Å². The van der Waals surface area contributed by atoms with Crippen LogP contribution in [0, 0.1) is 10.1 Å². The number of halogens is 1. The van der Waals surface area contributed by atoms with Crippen LogP contribution in [0.5, 0.6) is 0 Å². The number of nitro groups is 1. The molecule has 0 fully saturated rings. The van der Waals surface area contributed by atoms with Crippen LogP contribution in [0.3, 0.4) is 0 Å². The lowest BCUT2D eigenvalue weighted by atomic mass is 10.1. The highest BCUT2D eigenvalue weighted by Crippen LogP contribution is 2.28. The molecule has 0 saturated carbocycles. The Bertz CT molecular complexity index is 1260. The van der Waals surface area contributed by atoms with Crippen molar-refractivity contribution in [2.24, 2.45) is 0 Å². The molecule has 0 radical (unpaired) electrons. The van der Waals surface area contributed by atoms with E-state index in [0.717, 1.165) is 17.4 Å². The summed E-state index contributed by atoms with van der Waals surface area (Å²) in [6.45, 7) is 1.95. The molecule has 32 heavy (non-hydrogen) atoms. The molecule has 1 aromatic carbocycles. The summed E-state index contributed by atoms with van der Waals surface area (Å²) in [4.78, 5) is 52.1. The fourth-order valence-electron chi connectivity index (χ4n) is 3.13. The molecule has 0 atom stereocenters. The molecule has 0 unspecified atom stereocenters. The minimum atomic E-state index is -0.872. The lowest BCUT2D eigenvalue weighted by Crippen LogP contribution is -2.41. The largest absolute Gasteiger partial charge is 0.467 e. The molecule has 168 valence electrons. The molecule has 3 aromatic rings. The number of H-pyrrole nitrogens is 1. The summed E-state index contributed by atoms with van der Waals surface area (Å²) >= 11 is 5.85. The zero-order valence-corrected chi connectivity index (χ0v) is 17.8. The summed E-state index contributed by atoms with van der Waals surface area (Å²) in [7, 11) is 0. The number of nitrogens with one attached hydrogen (secondary N) is 1. The summed E-state index contributed by atoms with van der Waals surface area (Å²) in [6.07, 6.45) is 2.77. The molecule has 0 bridgehead atoms. The number of carbonyl (C=O) groups is 1. The second-order valence-corrected chi connectivity index (χ2v) is 7.30. The van der Waals surface area contributed by atoms with Gasteiger partial charge in [0.25, 0.3) is 17.2 Å². The number of rotatable bonds is 8. The number of furan rings is 1. The first-order valence-corrected chi connectivity index (χ1v) is 10.0. The Kier molecular flexibility index (Phi) is 6.79. The Morgan fingerprint density at radius 2 is 2.09 bits per heavy atom. The normalized spacial score (nSPS) is 10.8. The van der Waals surface area contributed by atoms with E-state index in [1.165, 1.54) is 23.0 Å². The third-order valence-electron chi connectivity index (χ3n) is 4.75. The van der Waals surface area contributed by atoms with Gasteiger partial charge in [-0.1, -0.05) is 24.9 Å². The number of hydrogen-bond donors (Lipinski definition) is 2. The van der Waals surface area contributed by atoms with E-state index in [0.29, 0.717) is 12.2 Å². The molecule has 3 rings (SSSR count). The molecule has 12 heteroatoms. The monoisotopic (exact) mass is 461 g/mol. The van der Waals surface area contributed by atoms with Crippen LogP contribution in [0.15, 0.2) is 50.6 Å². The highest BCUT2D eigenvalue weighted by atomic mass is 35.5. The number of aromatic amines is 1. The quantitative estimate of drug-likeness (QED) is 0.385. The number of amides is 1. The standard InChI is InChI=1S/C20H20ClN5O6/c1-2-3-8-24-17(22)16(18(27)23-20(24)29)25(11-13-5-4-9-32-13)19(28)12-6-7-14(21)15(10-12)26(30)31/h4-7,9-10H,2-3,8,11,22H2,1H3,(H,23,27,29). The Labute approximate surface area is 186 Å². The SMILES string of the molecule is CCCCn1c(N)c(N(Cc2ccco2)C(=O)c2ccc(Cl)c([N+](=O)[O-])c2)c(=O)[nH]c1=O. The summed E-state index contributed by atoms with van der Waals surface area (Å²) in [6, 6.07) is 6.71. The number of unbranched alkanes of at least 4 members (excludes halogenated alkanes) is 1. The third-order valence-corrected chi connectivity index (χ3v) is 5.07. The van der Waals surface area contributed by atoms with Crippen molar-refractivity contribution in [3.05, 3.63) is 83.9 Å². The van der Waals surface area contributed by atoms with Gasteiger partial charge >= 0.3 is 5.69 Å². The van der Waals surface area contributed by atoms with Gasteiger partial charge < -0.3 is 10.2 Å². The highest BCUT2D eigenvalue weighted by Gasteiger charge is 2.28. The van der Waals surface area contributed by atoms with Crippen molar-refractivity contribution in [3.8, 4) is 0 Å². The zero-order valence-electron chi connectivity index (χ0n) is 17.0. The summed E-state index contributed by atoms with van der Waals surface area (Å²) in [5.41, 5.74) is 3.76. The summed E-state index contributed by atoms with van der Waals surface area (Å²) in [5.74, 6) is -0.637. The number of nitrogen functional groups attached to an aromatic ring is 1.